The van der Waals surface area contributed by atoms with Gasteiger partial charge in [0.1, 0.15) is 0 Å². The summed E-state index contributed by atoms with van der Waals surface area (Å²) in [7, 11) is 0. The molecule has 0 N–H and O–H groups in total. The molecule has 0 nitrogen and oxygen atoms in total. The van der Waals surface area contributed by atoms with Crippen LogP contribution in [0, 0.1) is 52.3 Å². The minimum atomic E-state index is 0.892. The van der Waals surface area contributed by atoms with Crippen molar-refractivity contribution in [3.05, 3.63) is 0 Å². The number of hydrogen-bond donors (Lipinski definition) is 0. The van der Waals surface area contributed by atoms with Crippen LogP contribution in [0.4, 0.5) is 0 Å². The van der Waals surface area contributed by atoms with E-state index in [2.05, 4.69) is 6.92 Å². The Kier molecular flexibility index (Phi) is 0.640. The highest BCUT2D eigenvalue weighted by molar-refractivity contribution is 5.40. The molecular weight excluding hydrogens is 168 g/mol. The second-order valence-corrected chi connectivity index (χ2v) is 7.61. The lowest BCUT2D eigenvalue weighted by molar-refractivity contribution is -0.252. The standard InChI is InChI=1S/C14H18/c1-13-9-2-6-3-10-8-5-12(14(6,10)13)11(13)4-7(8)9/h6-12H,2-5H2,1H3. The van der Waals surface area contributed by atoms with Crippen LogP contribution in [0.5, 0.6) is 0 Å². The number of rotatable bonds is 0. The van der Waals surface area contributed by atoms with Crippen LogP contribution in [0.25, 0.3) is 0 Å². The molecule has 0 aromatic heterocycles. The van der Waals surface area contributed by atoms with Gasteiger partial charge in [0.15, 0.2) is 0 Å². The summed E-state index contributed by atoms with van der Waals surface area (Å²) in [5.41, 5.74) is 1.86. The lowest BCUT2D eigenvalue weighted by Crippen LogP contribution is -2.68. The molecule has 0 heteroatoms. The third-order valence-electron chi connectivity index (χ3n) is 8.57. The van der Waals surface area contributed by atoms with E-state index in [0.29, 0.717) is 0 Å². The van der Waals surface area contributed by atoms with Gasteiger partial charge in [-0.3, -0.25) is 0 Å². The van der Waals surface area contributed by atoms with Gasteiger partial charge in [0.05, 0.1) is 0 Å². The average molecular weight is 186 g/mol. The van der Waals surface area contributed by atoms with E-state index in [1.54, 1.807) is 25.7 Å². The molecule has 9 atom stereocenters. The molecule has 6 aliphatic rings. The van der Waals surface area contributed by atoms with Gasteiger partial charge in [-0.2, -0.15) is 0 Å². The first-order valence-electron chi connectivity index (χ1n) is 6.79. The summed E-state index contributed by atoms with van der Waals surface area (Å²) in [5, 5.41) is 0. The van der Waals surface area contributed by atoms with Crippen LogP contribution in [-0.4, -0.2) is 0 Å². The third-order valence-corrected chi connectivity index (χ3v) is 8.57. The molecule has 0 heterocycles. The quantitative estimate of drug-likeness (QED) is 0.545. The van der Waals surface area contributed by atoms with Crippen LogP contribution in [0.3, 0.4) is 0 Å². The predicted molar refractivity (Wildman–Crippen MR) is 53.4 cm³/mol. The summed E-state index contributed by atoms with van der Waals surface area (Å²) in [5.74, 6) is 8.57. The molecule has 6 rings (SSSR count). The summed E-state index contributed by atoms with van der Waals surface area (Å²) in [6, 6.07) is 0. The summed E-state index contributed by atoms with van der Waals surface area (Å²) in [6.45, 7) is 2.71. The maximum Gasteiger partial charge on any atom is -0.0147 e. The Labute approximate surface area is 85.4 Å². The molecule has 5 bridgehead atoms. The van der Waals surface area contributed by atoms with Gasteiger partial charge < -0.3 is 0 Å². The first kappa shape index (κ1) is 6.55. The Hall–Kier alpha value is 0. The fourth-order valence-electron chi connectivity index (χ4n) is 8.85. The van der Waals surface area contributed by atoms with Crippen LogP contribution >= 0.6 is 0 Å². The largest absolute Gasteiger partial charge is 0.0585 e. The lowest BCUT2D eigenvalue weighted by atomic mass is 9.32. The predicted octanol–water partition coefficient (Wildman–Crippen LogP) is 2.93. The summed E-state index contributed by atoms with van der Waals surface area (Å²) in [6.07, 6.45) is 6.68. The van der Waals surface area contributed by atoms with E-state index in [9.17, 15) is 0 Å². The molecule has 14 heavy (non-hydrogen) atoms. The molecule has 6 aliphatic carbocycles. The van der Waals surface area contributed by atoms with Crippen LogP contribution in [-0.2, 0) is 0 Å². The second-order valence-electron chi connectivity index (χ2n) is 7.61. The maximum atomic E-state index is 2.71. The maximum absolute atomic E-state index is 2.71. The molecule has 0 saturated heterocycles. The van der Waals surface area contributed by atoms with Crippen molar-refractivity contribution in [3.63, 3.8) is 0 Å². The Bertz CT molecular complexity index is 371. The van der Waals surface area contributed by atoms with E-state index in [0.717, 1.165) is 10.8 Å². The molecule has 9 unspecified atom stereocenters. The highest BCUT2D eigenvalue weighted by Gasteiger charge is 2.92. The van der Waals surface area contributed by atoms with Crippen molar-refractivity contribution >= 4 is 0 Å². The molecule has 74 valence electrons. The molecule has 0 radical (unpaired) electrons. The van der Waals surface area contributed by atoms with Crippen molar-refractivity contribution in [1.82, 2.24) is 0 Å². The first-order chi connectivity index (χ1) is 6.79. The zero-order valence-electron chi connectivity index (χ0n) is 8.87. The Morgan fingerprint density at radius 3 is 2.43 bits per heavy atom. The Morgan fingerprint density at radius 2 is 1.50 bits per heavy atom. The van der Waals surface area contributed by atoms with E-state index < -0.39 is 0 Å². The highest BCUT2D eigenvalue weighted by Crippen LogP contribution is 2.98. The van der Waals surface area contributed by atoms with Gasteiger partial charge in [0.25, 0.3) is 0 Å². The zero-order valence-corrected chi connectivity index (χ0v) is 8.87. The SMILES string of the molecule is CC12C3CC4CC5C6CC(C1CC63)C452. The fraction of sp³-hybridized carbons (Fsp3) is 1.00. The molecule has 6 fully saturated rings. The Balaban J connectivity index is 1.80. The normalized spacial score (nSPS) is 88.5. The topological polar surface area (TPSA) is 0 Å². The minimum Gasteiger partial charge on any atom is -0.0585 e. The van der Waals surface area contributed by atoms with E-state index >= 15 is 0 Å². The van der Waals surface area contributed by atoms with Gasteiger partial charge in [0, 0.05) is 0 Å². The summed E-state index contributed by atoms with van der Waals surface area (Å²) >= 11 is 0. The summed E-state index contributed by atoms with van der Waals surface area (Å²) < 4.78 is 0. The summed E-state index contributed by atoms with van der Waals surface area (Å²) in [4.78, 5) is 0. The van der Waals surface area contributed by atoms with Gasteiger partial charge in [-0.1, -0.05) is 6.92 Å². The first-order valence-corrected chi connectivity index (χ1v) is 6.79. The average Bonchev–Trinajstić information content (AvgIpc) is 2.42. The van der Waals surface area contributed by atoms with E-state index in [1.165, 1.54) is 41.4 Å². The van der Waals surface area contributed by atoms with Crippen molar-refractivity contribution < 1.29 is 0 Å². The number of fused-ring (bicyclic) bond motifs is 2. The molecule has 6 saturated carbocycles. The molecule has 0 aromatic rings. The van der Waals surface area contributed by atoms with Crippen LogP contribution in [0.15, 0.2) is 0 Å². The molecular formula is C14H18. The monoisotopic (exact) mass is 186 g/mol. The van der Waals surface area contributed by atoms with Gasteiger partial charge in [-0.25, -0.2) is 0 Å². The van der Waals surface area contributed by atoms with Crippen molar-refractivity contribution in [1.29, 1.82) is 0 Å². The van der Waals surface area contributed by atoms with Crippen molar-refractivity contribution in [2.45, 2.75) is 32.6 Å². The molecule has 0 aromatic carbocycles. The molecule has 0 amide bonds. The fourth-order valence-corrected chi connectivity index (χ4v) is 8.85. The Morgan fingerprint density at radius 1 is 0.786 bits per heavy atom. The lowest BCUT2D eigenvalue weighted by Gasteiger charge is -2.72. The second kappa shape index (κ2) is 1.37. The molecule has 1 spiro atoms. The van der Waals surface area contributed by atoms with Crippen molar-refractivity contribution in [3.8, 4) is 0 Å². The zero-order chi connectivity index (χ0) is 8.87. The minimum absolute atomic E-state index is 0.892. The van der Waals surface area contributed by atoms with Crippen LogP contribution in [0.1, 0.15) is 32.6 Å². The third kappa shape index (κ3) is 0.288. The van der Waals surface area contributed by atoms with Gasteiger partial charge in [-0.05, 0) is 77.9 Å². The van der Waals surface area contributed by atoms with Gasteiger partial charge in [-0.15, -0.1) is 0 Å². The van der Waals surface area contributed by atoms with E-state index in [-0.39, 0.29) is 0 Å². The van der Waals surface area contributed by atoms with Crippen LogP contribution in [0.2, 0.25) is 0 Å². The smallest absolute Gasteiger partial charge is 0.0147 e. The van der Waals surface area contributed by atoms with Crippen LogP contribution < -0.4 is 0 Å². The van der Waals surface area contributed by atoms with Gasteiger partial charge in [0.2, 0.25) is 0 Å². The molecule has 0 aliphatic heterocycles. The van der Waals surface area contributed by atoms with Crippen molar-refractivity contribution in [2.24, 2.45) is 52.3 Å². The highest BCUT2D eigenvalue weighted by atomic mass is 15.0. The van der Waals surface area contributed by atoms with E-state index in [4.69, 9.17) is 0 Å². The van der Waals surface area contributed by atoms with Crippen molar-refractivity contribution in [2.75, 3.05) is 0 Å². The van der Waals surface area contributed by atoms with Gasteiger partial charge >= 0.3 is 0 Å². The number of hydrogen-bond acceptors (Lipinski definition) is 0. The van der Waals surface area contributed by atoms with E-state index in [1.807, 2.05) is 0 Å².